The number of hydrogen-bond donors (Lipinski definition) is 0. The van der Waals surface area contributed by atoms with Crippen LogP contribution < -0.4 is 4.90 Å². The maximum Gasteiger partial charge on any atom is 0.392 e. The maximum absolute atomic E-state index is 13.2. The highest BCUT2D eigenvalue weighted by Crippen LogP contribution is 2.56. The predicted molar refractivity (Wildman–Crippen MR) is 71.6 cm³/mol. The molecule has 3 rings (SSSR count). The third-order valence-electron chi connectivity index (χ3n) is 4.90. The van der Waals surface area contributed by atoms with Crippen molar-refractivity contribution < 1.29 is 13.2 Å². The first-order valence-corrected chi connectivity index (χ1v) is 7.12. The van der Waals surface area contributed by atoms with Crippen LogP contribution in [0.2, 0.25) is 0 Å². The predicted octanol–water partition coefficient (Wildman–Crippen LogP) is 3.51. The first-order valence-electron chi connectivity index (χ1n) is 7.12. The molecule has 0 aromatic carbocycles. The van der Waals surface area contributed by atoms with Gasteiger partial charge in [0.25, 0.3) is 0 Å². The van der Waals surface area contributed by atoms with Gasteiger partial charge in [0.05, 0.1) is 17.8 Å². The highest BCUT2D eigenvalue weighted by atomic mass is 19.4. The van der Waals surface area contributed by atoms with Crippen molar-refractivity contribution in [2.75, 3.05) is 18.0 Å². The zero-order chi connectivity index (χ0) is 15.1. The maximum atomic E-state index is 13.2. The number of nitriles is 1. The fourth-order valence-electron chi connectivity index (χ4n) is 3.67. The molecular formula is C15H16F3N3. The van der Waals surface area contributed by atoms with E-state index < -0.39 is 17.5 Å². The summed E-state index contributed by atoms with van der Waals surface area (Å²) >= 11 is 0. The van der Waals surface area contributed by atoms with Gasteiger partial charge in [0.1, 0.15) is 11.8 Å². The topological polar surface area (TPSA) is 39.9 Å². The van der Waals surface area contributed by atoms with E-state index in [1.807, 2.05) is 11.0 Å². The Labute approximate surface area is 121 Å². The second-order valence-electron chi connectivity index (χ2n) is 6.03. The van der Waals surface area contributed by atoms with Gasteiger partial charge in [-0.2, -0.15) is 18.4 Å². The molecule has 2 heterocycles. The number of nitrogens with zero attached hydrogens (tertiary/aromatic N) is 3. The van der Waals surface area contributed by atoms with Gasteiger partial charge in [-0.25, -0.2) is 4.98 Å². The Morgan fingerprint density at radius 3 is 2.57 bits per heavy atom. The normalized spacial score (nSPS) is 24.5. The van der Waals surface area contributed by atoms with Crippen LogP contribution in [0.15, 0.2) is 18.3 Å². The summed E-state index contributed by atoms with van der Waals surface area (Å²) < 4.78 is 39.7. The molecule has 6 heteroatoms. The van der Waals surface area contributed by atoms with Gasteiger partial charge in [0.15, 0.2) is 0 Å². The summed E-state index contributed by atoms with van der Waals surface area (Å²) in [5.74, 6) is -1.18. The average molecular weight is 295 g/mol. The van der Waals surface area contributed by atoms with Gasteiger partial charge in [0.2, 0.25) is 0 Å². The Bertz CT molecular complexity index is 555. The van der Waals surface area contributed by atoms with E-state index in [1.54, 1.807) is 18.3 Å². The number of piperidine rings is 1. The molecule has 3 nitrogen and oxygen atoms in total. The number of anilines is 1. The molecular weight excluding hydrogens is 279 g/mol. The molecule has 0 bridgehead atoms. The summed E-state index contributed by atoms with van der Waals surface area (Å²) in [6.45, 7) is 0.824. The monoisotopic (exact) mass is 295 g/mol. The Kier molecular flexibility index (Phi) is 3.31. The van der Waals surface area contributed by atoms with E-state index in [2.05, 4.69) is 4.98 Å². The van der Waals surface area contributed by atoms with Crippen molar-refractivity contribution in [1.82, 2.24) is 4.98 Å². The van der Waals surface area contributed by atoms with Crippen LogP contribution in [0.3, 0.4) is 0 Å². The third-order valence-corrected chi connectivity index (χ3v) is 4.90. The molecule has 112 valence electrons. The molecule has 21 heavy (non-hydrogen) atoms. The van der Waals surface area contributed by atoms with E-state index in [9.17, 15) is 13.2 Å². The summed E-state index contributed by atoms with van der Waals surface area (Å²) in [7, 11) is 0. The number of aromatic nitrogens is 1. The largest absolute Gasteiger partial charge is 0.392 e. The van der Waals surface area contributed by atoms with E-state index in [0.717, 1.165) is 12.1 Å². The average Bonchev–Trinajstić information content (AvgIpc) is 2.44. The number of rotatable bonds is 1. The van der Waals surface area contributed by atoms with Gasteiger partial charge in [-0.15, -0.1) is 0 Å². The van der Waals surface area contributed by atoms with Gasteiger partial charge < -0.3 is 4.90 Å². The lowest BCUT2D eigenvalue weighted by Crippen LogP contribution is -2.56. The first-order chi connectivity index (χ1) is 9.94. The zero-order valence-corrected chi connectivity index (χ0v) is 11.5. The molecule has 1 aromatic rings. The number of hydrogen-bond acceptors (Lipinski definition) is 3. The van der Waals surface area contributed by atoms with Crippen LogP contribution in [0.4, 0.5) is 18.9 Å². The van der Waals surface area contributed by atoms with E-state index in [0.29, 0.717) is 31.6 Å². The lowest BCUT2D eigenvalue weighted by molar-refractivity contribution is -0.225. The van der Waals surface area contributed by atoms with Crippen molar-refractivity contribution in [3.8, 4) is 6.07 Å². The quantitative estimate of drug-likeness (QED) is 0.796. The Morgan fingerprint density at radius 2 is 2.10 bits per heavy atom. The summed E-state index contributed by atoms with van der Waals surface area (Å²) in [5, 5.41) is 8.74. The van der Waals surface area contributed by atoms with E-state index >= 15 is 0 Å². The van der Waals surface area contributed by atoms with Crippen molar-refractivity contribution in [1.29, 1.82) is 5.26 Å². The SMILES string of the molecule is N#Cc1ccc(N2CCC(C(F)(F)F)C3(CCC3)C2)cn1. The van der Waals surface area contributed by atoms with Gasteiger partial charge >= 0.3 is 6.18 Å². The number of halogens is 3. The molecule has 1 spiro atoms. The summed E-state index contributed by atoms with van der Waals surface area (Å²) in [6.07, 6.45) is -0.196. The van der Waals surface area contributed by atoms with Crippen LogP contribution in [0.5, 0.6) is 0 Å². The van der Waals surface area contributed by atoms with Gasteiger partial charge in [-0.1, -0.05) is 6.42 Å². The van der Waals surface area contributed by atoms with Crippen molar-refractivity contribution in [2.24, 2.45) is 11.3 Å². The fourth-order valence-corrected chi connectivity index (χ4v) is 3.67. The Hall–Kier alpha value is -1.77. The highest BCUT2D eigenvalue weighted by Gasteiger charge is 2.58. The van der Waals surface area contributed by atoms with E-state index in [-0.39, 0.29) is 6.42 Å². The number of pyridine rings is 1. The Morgan fingerprint density at radius 1 is 1.33 bits per heavy atom. The minimum Gasteiger partial charge on any atom is -0.370 e. The minimum atomic E-state index is -4.10. The lowest BCUT2D eigenvalue weighted by atomic mass is 9.58. The van der Waals surface area contributed by atoms with Crippen LogP contribution >= 0.6 is 0 Å². The van der Waals surface area contributed by atoms with Crippen LogP contribution in [-0.2, 0) is 0 Å². The summed E-state index contributed by atoms with van der Waals surface area (Å²) in [5.41, 5.74) is 0.507. The summed E-state index contributed by atoms with van der Waals surface area (Å²) in [6, 6.07) is 5.32. The second kappa shape index (κ2) is 4.90. The molecule has 1 atom stereocenters. The van der Waals surface area contributed by atoms with Crippen molar-refractivity contribution in [3.05, 3.63) is 24.0 Å². The third kappa shape index (κ3) is 2.45. The van der Waals surface area contributed by atoms with Crippen LogP contribution in [0, 0.1) is 22.7 Å². The first kappa shape index (κ1) is 14.2. The van der Waals surface area contributed by atoms with Gasteiger partial charge in [-0.3, -0.25) is 0 Å². The molecule has 2 aliphatic rings. The molecule has 1 aliphatic carbocycles. The van der Waals surface area contributed by atoms with Crippen molar-refractivity contribution >= 4 is 5.69 Å². The van der Waals surface area contributed by atoms with Gasteiger partial charge in [0, 0.05) is 13.1 Å². The molecule has 1 aromatic heterocycles. The molecule has 1 saturated carbocycles. The van der Waals surface area contributed by atoms with Gasteiger partial charge in [-0.05, 0) is 36.8 Å². The van der Waals surface area contributed by atoms with Crippen LogP contribution in [0.25, 0.3) is 0 Å². The minimum absolute atomic E-state index is 0.142. The van der Waals surface area contributed by atoms with E-state index in [4.69, 9.17) is 5.26 Å². The standard InChI is InChI=1S/C15H16F3N3/c16-15(17,18)13-4-7-21(10-14(13)5-1-6-14)12-3-2-11(8-19)20-9-12/h2-3,9,13H,1,4-7,10H2. The lowest BCUT2D eigenvalue weighted by Gasteiger charge is -2.54. The molecule has 1 unspecified atom stereocenters. The second-order valence-corrected chi connectivity index (χ2v) is 6.03. The Balaban J connectivity index is 1.80. The molecule has 2 fully saturated rings. The van der Waals surface area contributed by atoms with Crippen LogP contribution in [0.1, 0.15) is 31.4 Å². The smallest absolute Gasteiger partial charge is 0.370 e. The molecule has 0 radical (unpaired) electrons. The van der Waals surface area contributed by atoms with Crippen molar-refractivity contribution in [2.45, 2.75) is 31.9 Å². The van der Waals surface area contributed by atoms with Crippen LogP contribution in [-0.4, -0.2) is 24.2 Å². The summed E-state index contributed by atoms with van der Waals surface area (Å²) in [4.78, 5) is 5.99. The zero-order valence-electron chi connectivity index (χ0n) is 11.5. The molecule has 0 amide bonds. The fraction of sp³-hybridized carbons (Fsp3) is 0.600. The van der Waals surface area contributed by atoms with E-state index in [1.165, 1.54) is 0 Å². The van der Waals surface area contributed by atoms with Crippen molar-refractivity contribution in [3.63, 3.8) is 0 Å². The number of alkyl halides is 3. The molecule has 1 saturated heterocycles. The highest BCUT2D eigenvalue weighted by molar-refractivity contribution is 5.47. The molecule has 1 aliphatic heterocycles. The molecule has 0 N–H and O–H groups in total.